The summed E-state index contributed by atoms with van der Waals surface area (Å²) in [7, 11) is -4.11. The Balaban J connectivity index is 1.58. The van der Waals surface area contributed by atoms with Crippen molar-refractivity contribution in [1.82, 2.24) is 5.32 Å². The molecule has 1 saturated carbocycles. The van der Waals surface area contributed by atoms with Gasteiger partial charge in [-0.2, -0.15) is 0 Å². The number of rotatable bonds is 7. The first-order chi connectivity index (χ1) is 17.1. The fraction of sp³-hybridized carbons (Fsp3) is 0.440. The summed E-state index contributed by atoms with van der Waals surface area (Å²) < 4.78 is 53.0. The average molecular weight is 520 g/mol. The van der Waals surface area contributed by atoms with Crippen molar-refractivity contribution in [3.63, 3.8) is 0 Å². The van der Waals surface area contributed by atoms with Gasteiger partial charge in [-0.25, -0.2) is 17.6 Å². The fourth-order valence-electron chi connectivity index (χ4n) is 4.48. The summed E-state index contributed by atoms with van der Waals surface area (Å²) in [4.78, 5) is 23.7. The summed E-state index contributed by atoms with van der Waals surface area (Å²) in [5.41, 5.74) is 0.516. The van der Waals surface area contributed by atoms with E-state index < -0.39 is 28.0 Å². The molecule has 0 radical (unpaired) electrons. The molecule has 11 heteroatoms. The molecule has 1 atom stereocenters. The van der Waals surface area contributed by atoms with E-state index in [-0.39, 0.29) is 40.7 Å². The molecule has 2 aromatic carbocycles. The van der Waals surface area contributed by atoms with Crippen LogP contribution in [0.5, 0.6) is 5.75 Å². The van der Waals surface area contributed by atoms with Crippen molar-refractivity contribution < 1.29 is 31.9 Å². The quantitative estimate of drug-likeness (QED) is 0.571. The number of carbonyl (C=O) groups excluding carboxylic acids is 2. The van der Waals surface area contributed by atoms with E-state index in [1.165, 1.54) is 25.1 Å². The molecule has 1 aliphatic carbocycles. The van der Waals surface area contributed by atoms with E-state index in [0.717, 1.165) is 42.1 Å². The third kappa shape index (κ3) is 5.89. The topological polar surface area (TPSA) is 114 Å². The Morgan fingerprint density at radius 3 is 2.53 bits per heavy atom. The zero-order valence-corrected chi connectivity index (χ0v) is 21.1. The molecule has 1 aliphatic heterocycles. The molecule has 2 aliphatic rings. The lowest BCUT2D eigenvalue weighted by molar-refractivity contribution is -0.119. The number of halogens is 1. The molecular formula is C25H30FN3O6S. The molecule has 9 nitrogen and oxygen atoms in total. The number of nitrogens with one attached hydrogen (secondary N) is 2. The Hall–Kier alpha value is -3.34. The summed E-state index contributed by atoms with van der Waals surface area (Å²) in [5.74, 6) is -0.571. The van der Waals surface area contributed by atoms with Crippen LogP contribution >= 0.6 is 0 Å². The number of sulfonamides is 1. The van der Waals surface area contributed by atoms with Crippen LogP contribution < -0.4 is 19.7 Å². The summed E-state index contributed by atoms with van der Waals surface area (Å²) in [5, 5.41) is 5.29. The van der Waals surface area contributed by atoms with Crippen molar-refractivity contribution in [2.24, 2.45) is 5.41 Å². The normalized spacial score (nSPS) is 18.6. The standard InChI is InChI=1S/C25H30FN3O6S/c1-17(30)27-14-20-15-29(36(32,33)21-8-5-18(26)6-9-21)22-13-19(7-10-23(22)35-20)28-24(31)34-16-25(2)11-3-4-12-25/h5-10,13,20H,3-4,11-12,14-16H2,1-2H3,(H,27,30)(H,28,31). The number of benzene rings is 2. The molecule has 4 rings (SSSR count). The predicted molar refractivity (Wildman–Crippen MR) is 132 cm³/mol. The lowest BCUT2D eigenvalue weighted by Crippen LogP contribution is -2.48. The Kier molecular flexibility index (Phi) is 7.39. The number of amides is 2. The number of carbonyl (C=O) groups is 2. The zero-order chi connectivity index (χ0) is 25.9. The van der Waals surface area contributed by atoms with Gasteiger partial charge in [0.25, 0.3) is 10.0 Å². The molecular weight excluding hydrogens is 489 g/mol. The number of nitrogens with zero attached hydrogens (tertiary/aromatic N) is 1. The molecule has 36 heavy (non-hydrogen) atoms. The Bertz CT molecular complexity index is 1230. The number of ether oxygens (including phenoxy) is 2. The lowest BCUT2D eigenvalue weighted by atomic mass is 9.90. The van der Waals surface area contributed by atoms with Gasteiger partial charge >= 0.3 is 6.09 Å². The number of anilines is 2. The number of hydrogen-bond acceptors (Lipinski definition) is 6. The van der Waals surface area contributed by atoms with Crippen LogP contribution in [0.1, 0.15) is 39.5 Å². The molecule has 2 amide bonds. The molecule has 0 spiro atoms. The highest BCUT2D eigenvalue weighted by Gasteiger charge is 2.35. The fourth-order valence-corrected chi connectivity index (χ4v) is 5.98. The van der Waals surface area contributed by atoms with Crippen molar-refractivity contribution in [2.75, 3.05) is 29.3 Å². The molecule has 0 aromatic heterocycles. The highest BCUT2D eigenvalue weighted by molar-refractivity contribution is 7.92. The maximum Gasteiger partial charge on any atom is 0.411 e. The average Bonchev–Trinajstić information content (AvgIpc) is 3.28. The van der Waals surface area contributed by atoms with E-state index in [2.05, 4.69) is 17.6 Å². The highest BCUT2D eigenvalue weighted by atomic mass is 32.2. The summed E-state index contributed by atoms with van der Waals surface area (Å²) >= 11 is 0. The van der Waals surface area contributed by atoms with Crippen molar-refractivity contribution >= 4 is 33.4 Å². The van der Waals surface area contributed by atoms with Crippen LogP contribution in [-0.4, -0.2) is 46.2 Å². The van der Waals surface area contributed by atoms with E-state index in [4.69, 9.17) is 9.47 Å². The molecule has 1 fully saturated rings. The van der Waals surface area contributed by atoms with Gasteiger partial charge in [-0.3, -0.25) is 14.4 Å². The Morgan fingerprint density at radius 2 is 1.86 bits per heavy atom. The Labute approximate surface area is 210 Å². The minimum absolute atomic E-state index is 0.0238. The van der Waals surface area contributed by atoms with Crippen LogP contribution in [0.2, 0.25) is 0 Å². The van der Waals surface area contributed by atoms with Gasteiger partial charge in [0.05, 0.1) is 30.3 Å². The molecule has 0 bridgehead atoms. The van der Waals surface area contributed by atoms with E-state index in [1.54, 1.807) is 12.1 Å². The molecule has 194 valence electrons. The summed E-state index contributed by atoms with van der Waals surface area (Å²) in [6.07, 6.45) is 2.96. The highest BCUT2D eigenvalue weighted by Crippen LogP contribution is 2.40. The smallest absolute Gasteiger partial charge is 0.411 e. The van der Waals surface area contributed by atoms with Crippen LogP contribution in [0, 0.1) is 11.2 Å². The first-order valence-corrected chi connectivity index (χ1v) is 13.3. The van der Waals surface area contributed by atoms with Gasteiger partial charge in [0.2, 0.25) is 5.91 Å². The predicted octanol–water partition coefficient (Wildman–Crippen LogP) is 4.05. The summed E-state index contributed by atoms with van der Waals surface area (Å²) in [6.45, 7) is 3.75. The van der Waals surface area contributed by atoms with Gasteiger partial charge in [0.15, 0.2) is 0 Å². The van der Waals surface area contributed by atoms with Gasteiger partial charge < -0.3 is 14.8 Å². The van der Waals surface area contributed by atoms with Crippen molar-refractivity contribution in [1.29, 1.82) is 0 Å². The van der Waals surface area contributed by atoms with E-state index >= 15 is 0 Å². The monoisotopic (exact) mass is 519 g/mol. The molecule has 2 N–H and O–H groups in total. The zero-order valence-electron chi connectivity index (χ0n) is 20.3. The molecule has 0 saturated heterocycles. The van der Waals surface area contributed by atoms with Crippen LogP contribution in [0.25, 0.3) is 0 Å². The molecule has 1 unspecified atom stereocenters. The minimum Gasteiger partial charge on any atom is -0.484 e. The SMILES string of the molecule is CC(=O)NCC1CN(S(=O)(=O)c2ccc(F)cc2)c2cc(NC(=O)OCC3(C)CCCC3)ccc2O1. The van der Waals surface area contributed by atoms with Gasteiger partial charge in [-0.05, 0) is 55.3 Å². The second-order valence-corrected chi connectivity index (χ2v) is 11.4. The van der Waals surface area contributed by atoms with Gasteiger partial charge in [-0.1, -0.05) is 19.8 Å². The second kappa shape index (κ2) is 10.3. The van der Waals surface area contributed by atoms with Crippen LogP contribution in [0.15, 0.2) is 47.4 Å². The largest absolute Gasteiger partial charge is 0.484 e. The van der Waals surface area contributed by atoms with E-state index in [0.29, 0.717) is 12.3 Å². The van der Waals surface area contributed by atoms with Crippen molar-refractivity contribution in [3.05, 3.63) is 48.3 Å². The van der Waals surface area contributed by atoms with Gasteiger partial charge in [0.1, 0.15) is 17.7 Å². The lowest BCUT2D eigenvalue weighted by Gasteiger charge is -2.35. The van der Waals surface area contributed by atoms with Crippen LogP contribution in [0.3, 0.4) is 0 Å². The number of hydrogen-bond donors (Lipinski definition) is 2. The van der Waals surface area contributed by atoms with E-state index in [9.17, 15) is 22.4 Å². The minimum atomic E-state index is -4.11. The van der Waals surface area contributed by atoms with Crippen LogP contribution in [0.4, 0.5) is 20.6 Å². The first kappa shape index (κ1) is 25.7. The maximum absolute atomic E-state index is 13.5. The van der Waals surface area contributed by atoms with Gasteiger partial charge in [-0.15, -0.1) is 0 Å². The summed E-state index contributed by atoms with van der Waals surface area (Å²) in [6, 6.07) is 9.14. The van der Waals surface area contributed by atoms with Gasteiger partial charge in [0, 0.05) is 18.0 Å². The number of fused-ring (bicyclic) bond motifs is 1. The Morgan fingerprint density at radius 1 is 1.17 bits per heavy atom. The van der Waals surface area contributed by atoms with Crippen LogP contribution in [-0.2, 0) is 19.6 Å². The second-order valence-electron chi connectivity index (χ2n) is 9.57. The molecule has 1 heterocycles. The first-order valence-electron chi connectivity index (χ1n) is 11.8. The third-order valence-electron chi connectivity index (χ3n) is 6.48. The van der Waals surface area contributed by atoms with Crippen molar-refractivity contribution in [3.8, 4) is 5.75 Å². The third-order valence-corrected chi connectivity index (χ3v) is 8.27. The van der Waals surface area contributed by atoms with Crippen molar-refractivity contribution in [2.45, 2.75) is 50.5 Å². The molecule has 2 aromatic rings. The van der Waals surface area contributed by atoms with E-state index in [1.807, 2.05) is 0 Å². The maximum atomic E-state index is 13.5.